The fourth-order valence-corrected chi connectivity index (χ4v) is 3.80. The Hall–Kier alpha value is -2.93. The van der Waals surface area contributed by atoms with Crippen molar-refractivity contribution in [3.05, 3.63) is 83.5 Å². The summed E-state index contributed by atoms with van der Waals surface area (Å²) in [5.74, 6) is 0.864. The molecule has 30 heavy (non-hydrogen) atoms. The zero-order valence-corrected chi connectivity index (χ0v) is 18.1. The lowest BCUT2D eigenvalue weighted by Gasteiger charge is -2.13. The Morgan fingerprint density at radius 1 is 1.20 bits per heavy atom. The van der Waals surface area contributed by atoms with Crippen LogP contribution in [0.2, 0.25) is 0 Å². The highest BCUT2D eigenvalue weighted by molar-refractivity contribution is 8.00. The maximum atomic E-state index is 13.0. The summed E-state index contributed by atoms with van der Waals surface area (Å²) < 4.78 is 20.6. The van der Waals surface area contributed by atoms with Crippen LogP contribution < -0.4 is 4.74 Å². The number of allylic oxidation sites excluding steroid dienone is 1. The average molecular weight is 426 g/mol. The lowest BCUT2D eigenvalue weighted by Crippen LogP contribution is -2.15. The smallest absolute Gasteiger partial charge is 0.192 e. The molecule has 0 unspecified atom stereocenters. The molecule has 0 saturated heterocycles. The van der Waals surface area contributed by atoms with E-state index in [2.05, 4.69) is 16.8 Å². The molecule has 1 heterocycles. The molecule has 0 aliphatic carbocycles. The molecule has 0 aliphatic heterocycles. The Labute approximate surface area is 180 Å². The van der Waals surface area contributed by atoms with E-state index in [0.717, 1.165) is 11.1 Å². The van der Waals surface area contributed by atoms with Gasteiger partial charge in [0.25, 0.3) is 0 Å². The maximum absolute atomic E-state index is 13.0. The van der Waals surface area contributed by atoms with E-state index in [1.54, 1.807) is 18.2 Å². The molecule has 156 valence electrons. The van der Waals surface area contributed by atoms with Crippen LogP contribution in [-0.4, -0.2) is 25.8 Å². The van der Waals surface area contributed by atoms with E-state index in [-0.39, 0.29) is 23.5 Å². The van der Waals surface area contributed by atoms with Gasteiger partial charge in [-0.05, 0) is 62.2 Å². The number of aromatic nitrogens is 3. The molecule has 0 fully saturated rings. The summed E-state index contributed by atoms with van der Waals surface area (Å²) in [5.41, 5.74) is 2.93. The van der Waals surface area contributed by atoms with Crippen molar-refractivity contribution in [2.24, 2.45) is 0 Å². The number of hydrogen-bond donors (Lipinski definition) is 0. The number of aryl methyl sites for hydroxylation is 2. The van der Waals surface area contributed by atoms with Gasteiger partial charge in [0.05, 0.1) is 5.25 Å². The van der Waals surface area contributed by atoms with Crippen molar-refractivity contribution in [3.8, 4) is 5.75 Å². The number of carbonyl (C=O) groups excluding carboxylic acids is 1. The summed E-state index contributed by atoms with van der Waals surface area (Å²) in [4.78, 5) is 12.9. The van der Waals surface area contributed by atoms with Crippen molar-refractivity contribution in [1.29, 1.82) is 0 Å². The Kier molecular flexibility index (Phi) is 7.05. The van der Waals surface area contributed by atoms with Crippen LogP contribution in [0.4, 0.5) is 4.39 Å². The van der Waals surface area contributed by atoms with Crippen molar-refractivity contribution >= 4 is 17.5 Å². The van der Waals surface area contributed by atoms with E-state index in [4.69, 9.17) is 4.74 Å². The van der Waals surface area contributed by atoms with Crippen molar-refractivity contribution in [2.45, 2.75) is 44.3 Å². The van der Waals surface area contributed by atoms with Gasteiger partial charge in [-0.1, -0.05) is 30.0 Å². The summed E-state index contributed by atoms with van der Waals surface area (Å²) in [5, 5.41) is 8.75. The first-order valence-corrected chi connectivity index (χ1v) is 10.5. The molecule has 0 aliphatic rings. The van der Waals surface area contributed by atoms with Gasteiger partial charge in [-0.15, -0.1) is 16.8 Å². The first kappa shape index (κ1) is 21.8. The summed E-state index contributed by atoms with van der Waals surface area (Å²) in [7, 11) is 0. The van der Waals surface area contributed by atoms with Gasteiger partial charge in [-0.25, -0.2) is 4.39 Å². The highest BCUT2D eigenvalue weighted by Crippen LogP contribution is 2.26. The fraction of sp³-hybridized carbons (Fsp3) is 0.261. The van der Waals surface area contributed by atoms with Crippen LogP contribution in [0.15, 0.2) is 60.3 Å². The monoisotopic (exact) mass is 425 g/mol. The Morgan fingerprint density at radius 3 is 2.60 bits per heavy atom. The molecule has 2 aromatic carbocycles. The molecular weight excluding hydrogens is 401 g/mol. The second-order valence-corrected chi connectivity index (χ2v) is 8.27. The molecule has 0 saturated carbocycles. The molecule has 1 aromatic heterocycles. The van der Waals surface area contributed by atoms with Crippen LogP contribution in [-0.2, 0) is 13.2 Å². The number of halogens is 1. The topological polar surface area (TPSA) is 57.0 Å². The predicted octanol–water partition coefficient (Wildman–Crippen LogP) is 5.16. The number of hydrogen-bond acceptors (Lipinski definition) is 5. The minimum absolute atomic E-state index is 0.0420. The maximum Gasteiger partial charge on any atom is 0.192 e. The summed E-state index contributed by atoms with van der Waals surface area (Å²) in [6.07, 6.45) is 1.74. The Balaban J connectivity index is 1.73. The number of rotatable bonds is 9. The van der Waals surface area contributed by atoms with Gasteiger partial charge < -0.3 is 4.74 Å². The van der Waals surface area contributed by atoms with E-state index in [0.29, 0.717) is 28.8 Å². The molecule has 0 radical (unpaired) electrons. The highest BCUT2D eigenvalue weighted by atomic mass is 32.2. The number of carbonyl (C=O) groups is 1. The first-order chi connectivity index (χ1) is 14.4. The number of ketones is 1. The number of thioether (sulfide) groups is 1. The summed E-state index contributed by atoms with van der Waals surface area (Å²) in [6, 6.07) is 11.5. The molecule has 3 rings (SSSR count). The first-order valence-electron chi connectivity index (χ1n) is 9.58. The molecule has 3 aromatic rings. The number of ether oxygens (including phenoxy) is 1. The lowest BCUT2D eigenvalue weighted by molar-refractivity contribution is 0.0993. The zero-order valence-electron chi connectivity index (χ0n) is 17.3. The largest absolute Gasteiger partial charge is 0.486 e. The summed E-state index contributed by atoms with van der Waals surface area (Å²) >= 11 is 1.35. The standard InChI is InChI=1S/C23H24FN3O2S/c1-5-12-27-21(14-29-20-10-8-19(24)9-11-20)25-26-23(27)30-17(4)22(28)18-7-6-15(2)16(3)13-18/h5-11,13,17H,1,12,14H2,2-4H3/t17-/m0/s1. The highest BCUT2D eigenvalue weighted by Gasteiger charge is 2.21. The lowest BCUT2D eigenvalue weighted by atomic mass is 10.0. The normalized spacial score (nSPS) is 11.9. The molecule has 7 heteroatoms. The second kappa shape index (κ2) is 9.71. The van der Waals surface area contributed by atoms with Crippen LogP contribution in [0.1, 0.15) is 34.2 Å². The molecule has 0 spiro atoms. The molecular formula is C23H24FN3O2S. The SMILES string of the molecule is C=CCn1c(COc2ccc(F)cc2)nnc1S[C@@H](C)C(=O)c1ccc(C)c(C)c1. The van der Waals surface area contributed by atoms with Gasteiger partial charge in [0.15, 0.2) is 16.8 Å². The minimum Gasteiger partial charge on any atom is -0.486 e. The fourth-order valence-electron chi connectivity index (χ4n) is 2.85. The van der Waals surface area contributed by atoms with Crippen LogP contribution in [0.3, 0.4) is 0 Å². The van der Waals surface area contributed by atoms with Crippen molar-refractivity contribution in [1.82, 2.24) is 14.8 Å². The van der Waals surface area contributed by atoms with E-state index in [1.807, 2.05) is 43.5 Å². The molecule has 0 N–H and O–H groups in total. The van der Waals surface area contributed by atoms with Gasteiger partial charge in [-0.2, -0.15) is 0 Å². The van der Waals surface area contributed by atoms with Crippen molar-refractivity contribution < 1.29 is 13.9 Å². The third-order valence-corrected chi connectivity index (χ3v) is 5.81. The molecule has 5 nitrogen and oxygen atoms in total. The van der Waals surface area contributed by atoms with Crippen LogP contribution in [0, 0.1) is 19.7 Å². The van der Waals surface area contributed by atoms with Crippen LogP contribution >= 0.6 is 11.8 Å². The van der Waals surface area contributed by atoms with E-state index in [9.17, 15) is 9.18 Å². The second-order valence-electron chi connectivity index (χ2n) is 6.96. The van der Waals surface area contributed by atoms with E-state index >= 15 is 0 Å². The zero-order chi connectivity index (χ0) is 21.7. The van der Waals surface area contributed by atoms with Crippen molar-refractivity contribution in [3.63, 3.8) is 0 Å². The Morgan fingerprint density at radius 2 is 1.93 bits per heavy atom. The minimum atomic E-state index is -0.328. The molecule has 0 bridgehead atoms. The number of nitrogens with zero attached hydrogens (tertiary/aromatic N) is 3. The quantitative estimate of drug-likeness (QED) is 0.269. The van der Waals surface area contributed by atoms with Crippen LogP contribution in [0.5, 0.6) is 5.75 Å². The third-order valence-electron chi connectivity index (χ3n) is 4.73. The molecule has 1 atom stereocenters. The van der Waals surface area contributed by atoms with Gasteiger partial charge in [0.1, 0.15) is 18.2 Å². The molecule has 0 amide bonds. The van der Waals surface area contributed by atoms with E-state index in [1.165, 1.54) is 23.9 Å². The summed E-state index contributed by atoms with van der Waals surface area (Å²) in [6.45, 7) is 10.3. The van der Waals surface area contributed by atoms with Crippen LogP contribution in [0.25, 0.3) is 0 Å². The Bertz CT molecular complexity index is 1050. The van der Waals surface area contributed by atoms with E-state index < -0.39 is 0 Å². The average Bonchev–Trinajstić information content (AvgIpc) is 3.10. The van der Waals surface area contributed by atoms with Crippen molar-refractivity contribution in [2.75, 3.05) is 0 Å². The van der Waals surface area contributed by atoms with Gasteiger partial charge in [-0.3, -0.25) is 9.36 Å². The van der Waals surface area contributed by atoms with Gasteiger partial charge in [0, 0.05) is 12.1 Å². The number of benzene rings is 2. The van der Waals surface area contributed by atoms with Gasteiger partial charge >= 0.3 is 0 Å². The predicted molar refractivity (Wildman–Crippen MR) is 117 cm³/mol. The third kappa shape index (κ3) is 5.16. The number of Topliss-reactive ketones (excluding diaryl/α,β-unsaturated/α-hetero) is 1. The van der Waals surface area contributed by atoms with Gasteiger partial charge in [0.2, 0.25) is 0 Å².